The van der Waals surface area contributed by atoms with Gasteiger partial charge in [0.2, 0.25) is 0 Å². The number of thioether (sulfide) groups is 1. The molecule has 5 rings (SSSR count). The quantitative estimate of drug-likeness (QED) is 0.432. The van der Waals surface area contributed by atoms with Crippen LogP contribution in [0.25, 0.3) is 17.0 Å². The van der Waals surface area contributed by atoms with Crippen LogP contribution in [0.3, 0.4) is 0 Å². The van der Waals surface area contributed by atoms with Crippen molar-refractivity contribution in [1.29, 1.82) is 0 Å². The van der Waals surface area contributed by atoms with Gasteiger partial charge in [0.15, 0.2) is 5.17 Å². The molecule has 0 spiro atoms. The number of carbonyl (C=O) groups is 1. The van der Waals surface area contributed by atoms with Crippen molar-refractivity contribution >= 4 is 39.8 Å². The Morgan fingerprint density at radius 2 is 2.06 bits per heavy atom. The van der Waals surface area contributed by atoms with E-state index < -0.39 is 0 Å². The van der Waals surface area contributed by atoms with E-state index in [2.05, 4.69) is 34.6 Å². The average Bonchev–Trinajstić information content (AvgIpc) is 3.50. The van der Waals surface area contributed by atoms with Crippen LogP contribution in [0.5, 0.6) is 5.75 Å². The summed E-state index contributed by atoms with van der Waals surface area (Å²) >= 11 is 1.39. The normalized spacial score (nSPS) is 22.5. The van der Waals surface area contributed by atoms with E-state index in [0.29, 0.717) is 29.2 Å². The molecule has 162 valence electrons. The molecule has 2 heterocycles. The lowest BCUT2D eigenvalue weighted by Crippen LogP contribution is -2.20. The average molecular weight is 446 g/mol. The summed E-state index contributed by atoms with van der Waals surface area (Å²) in [6, 6.07) is 18.4. The summed E-state index contributed by atoms with van der Waals surface area (Å²) in [7, 11) is 1.64. The summed E-state index contributed by atoms with van der Waals surface area (Å²) in [6.07, 6.45) is 4.63. The Balaban J connectivity index is 1.32. The highest BCUT2D eigenvalue weighted by Crippen LogP contribution is 2.44. The maximum atomic E-state index is 12.5. The van der Waals surface area contributed by atoms with Crippen LogP contribution in [0.1, 0.15) is 23.5 Å². The predicted molar refractivity (Wildman–Crippen MR) is 128 cm³/mol. The molecule has 1 aliphatic heterocycles. The third kappa shape index (κ3) is 4.54. The number of hydrogen-bond donors (Lipinski definition) is 1. The minimum atomic E-state index is -0.117. The maximum Gasteiger partial charge on any atom is 0.264 e. The molecule has 7 heteroatoms. The first-order chi connectivity index (χ1) is 15.7. The monoisotopic (exact) mass is 445 g/mol. The number of ether oxygens (including phenoxy) is 2. The number of amidine groups is 1. The van der Waals surface area contributed by atoms with Gasteiger partial charge >= 0.3 is 0 Å². The highest BCUT2D eigenvalue weighted by atomic mass is 32.2. The van der Waals surface area contributed by atoms with E-state index in [-0.39, 0.29) is 11.9 Å². The molecule has 0 bridgehead atoms. The second-order valence-corrected chi connectivity index (χ2v) is 8.78. The third-order valence-electron chi connectivity index (χ3n) is 5.49. The molecule has 2 aliphatic rings. The Hall–Kier alpha value is -3.16. The number of fused-ring (bicyclic) bond motifs is 1. The summed E-state index contributed by atoms with van der Waals surface area (Å²) in [4.78, 5) is 22.3. The molecule has 1 amide bonds. The molecule has 1 aromatic heterocycles. The number of amides is 1. The van der Waals surface area contributed by atoms with Crippen LogP contribution in [0, 0.1) is 0 Å². The van der Waals surface area contributed by atoms with Crippen molar-refractivity contribution in [2.75, 3.05) is 20.3 Å². The molecular weight excluding hydrogens is 422 g/mol. The van der Waals surface area contributed by atoms with E-state index in [4.69, 9.17) is 14.5 Å². The zero-order valence-corrected chi connectivity index (χ0v) is 18.5. The minimum absolute atomic E-state index is 0.117. The number of benzene rings is 2. The highest BCUT2D eigenvalue weighted by Gasteiger charge is 2.39. The first-order valence-corrected chi connectivity index (χ1v) is 11.4. The first kappa shape index (κ1) is 20.7. The van der Waals surface area contributed by atoms with Crippen LogP contribution in [-0.2, 0) is 9.53 Å². The van der Waals surface area contributed by atoms with E-state index >= 15 is 0 Å². The van der Waals surface area contributed by atoms with Gasteiger partial charge in [-0.15, -0.1) is 0 Å². The van der Waals surface area contributed by atoms with Crippen molar-refractivity contribution in [3.63, 3.8) is 0 Å². The molecule has 2 aromatic carbocycles. The number of nitrogens with zero attached hydrogens (tertiary/aromatic N) is 2. The Morgan fingerprint density at radius 3 is 2.91 bits per heavy atom. The first-order valence-electron chi connectivity index (χ1n) is 10.6. The van der Waals surface area contributed by atoms with Crippen molar-refractivity contribution in [3.05, 3.63) is 76.8 Å². The standard InChI is InChI=1S/C25H23N3O3S/c1-30-11-12-31-22-9-10-26-20-8-7-16(13-19(20)22)14-23-24(29)28-25(32-23)27-21-15-18(21)17-5-3-2-4-6-17/h2-10,13-14,18,21H,11-12,15H2,1H3,(H,27,28,29)/b23-14-/t18-,21+/m0/s1. The Labute approximate surface area is 190 Å². The van der Waals surface area contributed by atoms with Crippen LogP contribution in [0.2, 0.25) is 0 Å². The topological polar surface area (TPSA) is 72.8 Å². The minimum Gasteiger partial charge on any atom is -0.490 e. The molecule has 0 radical (unpaired) electrons. The van der Waals surface area contributed by atoms with E-state index in [0.717, 1.165) is 28.6 Å². The summed E-state index contributed by atoms with van der Waals surface area (Å²) in [5.74, 6) is 1.08. The fourth-order valence-electron chi connectivity index (χ4n) is 3.76. The van der Waals surface area contributed by atoms with Gasteiger partial charge in [-0.25, -0.2) is 0 Å². The number of hydrogen-bond acceptors (Lipinski definition) is 6. The third-order valence-corrected chi connectivity index (χ3v) is 6.41. The number of methoxy groups -OCH3 is 1. The van der Waals surface area contributed by atoms with Crippen LogP contribution in [-0.4, -0.2) is 42.4 Å². The summed E-state index contributed by atoms with van der Waals surface area (Å²) in [5.41, 5.74) is 3.06. The second-order valence-electron chi connectivity index (χ2n) is 7.75. The molecule has 2 atom stereocenters. The Morgan fingerprint density at radius 1 is 1.19 bits per heavy atom. The second kappa shape index (κ2) is 9.14. The Kier molecular flexibility index (Phi) is 5.92. The van der Waals surface area contributed by atoms with Gasteiger partial charge in [-0.1, -0.05) is 36.4 Å². The van der Waals surface area contributed by atoms with E-state index in [1.165, 1.54) is 17.3 Å². The van der Waals surface area contributed by atoms with Gasteiger partial charge in [-0.05, 0) is 53.6 Å². The summed E-state index contributed by atoms with van der Waals surface area (Å²) in [5, 5.41) is 4.48. The van der Waals surface area contributed by atoms with Crippen LogP contribution >= 0.6 is 11.8 Å². The largest absolute Gasteiger partial charge is 0.490 e. The molecule has 1 saturated carbocycles. The van der Waals surface area contributed by atoms with Gasteiger partial charge < -0.3 is 14.8 Å². The fraction of sp³-hybridized carbons (Fsp3) is 0.240. The van der Waals surface area contributed by atoms with Gasteiger partial charge in [0, 0.05) is 24.6 Å². The van der Waals surface area contributed by atoms with Gasteiger partial charge in [-0.2, -0.15) is 0 Å². The molecule has 1 N–H and O–H groups in total. The van der Waals surface area contributed by atoms with Crippen LogP contribution in [0.4, 0.5) is 0 Å². The lowest BCUT2D eigenvalue weighted by atomic mass is 10.1. The number of rotatable bonds is 7. The predicted octanol–water partition coefficient (Wildman–Crippen LogP) is 4.38. The Bertz CT molecular complexity index is 1210. The van der Waals surface area contributed by atoms with E-state index in [1.54, 1.807) is 13.3 Å². The van der Waals surface area contributed by atoms with Crippen LogP contribution in [0.15, 0.2) is 70.7 Å². The lowest BCUT2D eigenvalue weighted by Gasteiger charge is -2.09. The molecule has 6 nitrogen and oxygen atoms in total. The van der Waals surface area contributed by atoms with E-state index in [1.807, 2.05) is 36.4 Å². The summed E-state index contributed by atoms with van der Waals surface area (Å²) in [6.45, 7) is 0.975. The van der Waals surface area contributed by atoms with Gasteiger partial charge in [0.1, 0.15) is 12.4 Å². The number of aromatic nitrogens is 1. The number of aliphatic imine (C=N–C) groups is 1. The lowest BCUT2D eigenvalue weighted by molar-refractivity contribution is -0.115. The van der Waals surface area contributed by atoms with Crippen molar-refractivity contribution < 1.29 is 14.3 Å². The zero-order valence-electron chi connectivity index (χ0n) is 17.7. The zero-order chi connectivity index (χ0) is 21.9. The SMILES string of the molecule is COCCOc1ccnc2ccc(/C=C3\SC(=N[C@@H]4C[C@H]4c4ccccc4)NC3=O)cc12. The molecule has 0 unspecified atom stereocenters. The number of pyridine rings is 1. The molecule has 2 fully saturated rings. The smallest absolute Gasteiger partial charge is 0.264 e. The number of nitrogens with one attached hydrogen (secondary N) is 1. The van der Waals surface area contributed by atoms with Crippen molar-refractivity contribution in [2.45, 2.75) is 18.4 Å². The number of carbonyl (C=O) groups excluding carboxylic acids is 1. The molecular formula is C25H23N3O3S. The van der Waals surface area contributed by atoms with E-state index in [9.17, 15) is 4.79 Å². The van der Waals surface area contributed by atoms with Crippen molar-refractivity contribution in [1.82, 2.24) is 10.3 Å². The van der Waals surface area contributed by atoms with Gasteiger partial charge in [0.25, 0.3) is 5.91 Å². The highest BCUT2D eigenvalue weighted by molar-refractivity contribution is 8.18. The fourth-order valence-corrected chi connectivity index (χ4v) is 4.64. The molecule has 1 saturated heterocycles. The van der Waals surface area contributed by atoms with Crippen LogP contribution < -0.4 is 10.1 Å². The molecule has 1 aliphatic carbocycles. The van der Waals surface area contributed by atoms with Gasteiger partial charge in [-0.3, -0.25) is 14.8 Å². The summed E-state index contributed by atoms with van der Waals surface area (Å²) < 4.78 is 10.9. The molecule has 32 heavy (non-hydrogen) atoms. The van der Waals surface area contributed by atoms with Gasteiger partial charge in [0.05, 0.1) is 23.1 Å². The van der Waals surface area contributed by atoms with Crippen molar-refractivity contribution in [3.8, 4) is 5.75 Å². The van der Waals surface area contributed by atoms with Crippen molar-refractivity contribution in [2.24, 2.45) is 4.99 Å². The maximum absolute atomic E-state index is 12.5. The molecule has 3 aromatic rings.